The molecule has 0 N–H and O–H groups in total. The predicted molar refractivity (Wildman–Crippen MR) is 79.2 cm³/mol. The Bertz CT molecular complexity index is 607. The molecule has 0 aromatic carbocycles. The van der Waals surface area contributed by atoms with E-state index in [-0.39, 0.29) is 5.97 Å². The summed E-state index contributed by atoms with van der Waals surface area (Å²) in [6.07, 6.45) is 6.64. The number of aromatic nitrogens is 2. The molecule has 0 saturated heterocycles. The molecule has 0 aliphatic carbocycles. The van der Waals surface area contributed by atoms with Crippen LogP contribution in [0.25, 0.3) is 10.6 Å². The lowest BCUT2D eigenvalue weighted by Gasteiger charge is -2.04. The van der Waals surface area contributed by atoms with Gasteiger partial charge in [0.25, 0.3) is 0 Å². The fourth-order valence-corrected chi connectivity index (χ4v) is 4.14. The number of esters is 1. The topological polar surface area (TPSA) is 52.1 Å². The van der Waals surface area contributed by atoms with E-state index in [1.54, 1.807) is 18.6 Å². The molecule has 4 nitrogen and oxygen atoms in total. The summed E-state index contributed by atoms with van der Waals surface area (Å²) in [6, 6.07) is 0. The minimum Gasteiger partial charge on any atom is -0.462 e. The van der Waals surface area contributed by atoms with Crippen LogP contribution in [0.2, 0.25) is 0 Å². The number of hydrogen-bond donors (Lipinski definition) is 0. The van der Waals surface area contributed by atoms with E-state index >= 15 is 0 Å². The highest BCUT2D eigenvalue weighted by Crippen LogP contribution is 2.33. The van der Waals surface area contributed by atoms with Gasteiger partial charge in [0.2, 0.25) is 0 Å². The van der Waals surface area contributed by atoms with Gasteiger partial charge in [-0.15, -0.1) is 0 Å². The van der Waals surface area contributed by atoms with E-state index in [9.17, 15) is 4.79 Å². The van der Waals surface area contributed by atoms with Gasteiger partial charge in [-0.2, -0.15) is 0 Å². The van der Waals surface area contributed by atoms with Gasteiger partial charge < -0.3 is 4.74 Å². The monoisotopic (exact) mass is 312 g/mol. The molecule has 0 bridgehead atoms. The van der Waals surface area contributed by atoms with Crippen LogP contribution in [0, 0.1) is 3.82 Å². The molecule has 2 rings (SSSR count). The Morgan fingerprint density at radius 3 is 2.95 bits per heavy atom. The molecule has 2 aromatic heterocycles. The van der Waals surface area contributed by atoms with Crippen molar-refractivity contribution in [3.8, 4) is 10.6 Å². The maximum Gasteiger partial charge on any atom is 0.342 e. The van der Waals surface area contributed by atoms with Crippen molar-refractivity contribution in [3.05, 3.63) is 28.0 Å². The van der Waals surface area contributed by atoms with Gasteiger partial charge in [-0.25, -0.2) is 4.79 Å². The number of hydrogen-bond acceptors (Lipinski definition) is 7. The van der Waals surface area contributed by atoms with Crippen molar-refractivity contribution in [3.63, 3.8) is 0 Å². The molecule has 0 amide bonds. The summed E-state index contributed by atoms with van der Waals surface area (Å²) < 4.78 is 5.78. The zero-order valence-corrected chi connectivity index (χ0v) is 12.7. The summed E-state index contributed by atoms with van der Waals surface area (Å²) >= 11 is 5.21. The van der Waals surface area contributed by atoms with Crippen LogP contribution in [-0.2, 0) is 4.74 Å². The van der Waals surface area contributed by atoms with Gasteiger partial charge in [0, 0.05) is 12.4 Å². The van der Waals surface area contributed by atoms with E-state index in [1.807, 2.05) is 6.92 Å². The van der Waals surface area contributed by atoms with Crippen molar-refractivity contribution in [2.75, 3.05) is 6.61 Å². The van der Waals surface area contributed by atoms with Gasteiger partial charge in [0.05, 0.1) is 17.7 Å². The van der Waals surface area contributed by atoms with Crippen LogP contribution in [-0.4, -0.2) is 22.5 Å². The van der Waals surface area contributed by atoms with Crippen LogP contribution in [0.15, 0.2) is 18.6 Å². The van der Waals surface area contributed by atoms with E-state index in [1.165, 1.54) is 20.7 Å². The molecule has 0 unspecified atom stereocenters. The maximum atomic E-state index is 12.1. The Morgan fingerprint density at radius 1 is 1.42 bits per heavy atom. The Labute approximate surface area is 123 Å². The lowest BCUT2D eigenvalue weighted by molar-refractivity contribution is 0.0501. The molecule has 0 aliphatic rings. The summed E-state index contributed by atoms with van der Waals surface area (Å²) in [5.41, 5.74) is 1.10. The van der Waals surface area contributed by atoms with Crippen LogP contribution in [0.3, 0.4) is 0 Å². The van der Waals surface area contributed by atoms with Crippen LogP contribution < -0.4 is 0 Å². The van der Waals surface area contributed by atoms with E-state index in [0.717, 1.165) is 17.7 Å². The molecule has 0 fully saturated rings. The Hall–Kier alpha value is -1.18. The summed E-state index contributed by atoms with van der Waals surface area (Å²) in [6.45, 7) is 2.47. The molecule has 19 heavy (non-hydrogen) atoms. The minimum absolute atomic E-state index is 0.364. The van der Waals surface area contributed by atoms with E-state index < -0.39 is 0 Å². The van der Waals surface area contributed by atoms with Crippen molar-refractivity contribution in [2.24, 2.45) is 0 Å². The number of carbonyl (C=O) groups excluding carboxylic acids is 1. The molecule has 0 atom stereocenters. The van der Waals surface area contributed by atoms with Gasteiger partial charge in [-0.1, -0.05) is 46.2 Å². The second-order valence-corrected chi connectivity index (χ2v) is 6.55. The summed E-state index contributed by atoms with van der Waals surface area (Å²) in [5.74, 6) is -0.364. The Kier molecular flexibility index (Phi) is 5.12. The largest absolute Gasteiger partial charge is 0.462 e. The highest BCUT2D eigenvalue weighted by atomic mass is 32.9. The molecular formula is C12H12N2O2S3. The van der Waals surface area contributed by atoms with Crippen LogP contribution in [0.1, 0.15) is 30.1 Å². The first-order valence-electron chi connectivity index (χ1n) is 5.80. The second-order valence-electron chi connectivity index (χ2n) is 3.74. The molecule has 0 aliphatic heterocycles. The Balaban J connectivity index is 2.28. The highest BCUT2D eigenvalue weighted by molar-refractivity contribution is 7.80. The fraction of sp³-hybridized carbons (Fsp3) is 0.333. The smallest absolute Gasteiger partial charge is 0.342 e. The zero-order chi connectivity index (χ0) is 13.7. The summed E-state index contributed by atoms with van der Waals surface area (Å²) in [4.78, 5) is 21.0. The van der Waals surface area contributed by atoms with Crippen LogP contribution in [0.5, 0.6) is 0 Å². The van der Waals surface area contributed by atoms with Gasteiger partial charge in [-0.3, -0.25) is 9.97 Å². The number of ether oxygens (including phenoxy) is 1. The summed E-state index contributed by atoms with van der Waals surface area (Å²) in [7, 11) is 2.81. The number of rotatable bonds is 5. The molecule has 2 aromatic rings. The number of nitrogens with zero attached hydrogens (tertiary/aromatic N) is 2. The van der Waals surface area contributed by atoms with E-state index in [4.69, 9.17) is 17.0 Å². The standard InChI is InChI=1S/C12H12N2O2S3/c1-2-3-6-16-11(15)9-10(18-19-12(9)17)8-7-13-4-5-14-8/h4-5,7H,2-3,6H2,1H3. The maximum absolute atomic E-state index is 12.1. The fourth-order valence-electron chi connectivity index (χ4n) is 1.40. The number of carbonyl (C=O) groups is 1. The first-order chi connectivity index (χ1) is 9.24. The van der Waals surface area contributed by atoms with Crippen molar-refractivity contribution < 1.29 is 9.53 Å². The molecule has 2 heterocycles. The van der Waals surface area contributed by atoms with E-state index in [2.05, 4.69) is 9.97 Å². The predicted octanol–water partition coefficient (Wildman–Crippen LogP) is 3.95. The normalized spacial score (nSPS) is 10.4. The molecule has 0 saturated carbocycles. The van der Waals surface area contributed by atoms with Gasteiger partial charge in [-0.05, 0) is 6.42 Å². The third-order valence-corrected chi connectivity index (χ3v) is 5.40. The third-order valence-electron chi connectivity index (χ3n) is 2.36. The second kappa shape index (κ2) is 6.83. The van der Waals surface area contributed by atoms with Crippen LogP contribution >= 0.6 is 32.9 Å². The molecule has 0 spiro atoms. The number of unbranched alkanes of at least 4 members (excludes halogenated alkanes) is 1. The van der Waals surface area contributed by atoms with Gasteiger partial charge in [0.15, 0.2) is 0 Å². The molecule has 0 radical (unpaired) electrons. The quantitative estimate of drug-likeness (QED) is 0.362. The van der Waals surface area contributed by atoms with Crippen molar-refractivity contribution >= 4 is 38.9 Å². The molecule has 7 heteroatoms. The van der Waals surface area contributed by atoms with E-state index in [0.29, 0.717) is 21.7 Å². The first-order valence-corrected chi connectivity index (χ1v) is 8.36. The third kappa shape index (κ3) is 3.43. The lowest BCUT2D eigenvalue weighted by Crippen LogP contribution is -2.07. The zero-order valence-electron chi connectivity index (χ0n) is 10.3. The first kappa shape index (κ1) is 14.2. The summed E-state index contributed by atoms with van der Waals surface area (Å²) in [5, 5.41) is 0. The SMILES string of the molecule is CCCCOC(=O)c1c(-c2cnccn2)ssc1=S. The average Bonchev–Trinajstić information content (AvgIpc) is 2.82. The lowest BCUT2D eigenvalue weighted by atomic mass is 10.2. The molecule has 100 valence electrons. The highest BCUT2D eigenvalue weighted by Gasteiger charge is 2.20. The van der Waals surface area contributed by atoms with Crippen molar-refractivity contribution in [1.29, 1.82) is 0 Å². The van der Waals surface area contributed by atoms with Crippen molar-refractivity contribution in [2.45, 2.75) is 19.8 Å². The Morgan fingerprint density at radius 2 is 2.26 bits per heavy atom. The van der Waals surface area contributed by atoms with Crippen LogP contribution in [0.4, 0.5) is 0 Å². The van der Waals surface area contributed by atoms with Gasteiger partial charge in [0.1, 0.15) is 15.1 Å². The average molecular weight is 312 g/mol. The van der Waals surface area contributed by atoms with Crippen molar-refractivity contribution in [1.82, 2.24) is 9.97 Å². The minimum atomic E-state index is -0.364. The molecular weight excluding hydrogens is 300 g/mol. The van der Waals surface area contributed by atoms with Gasteiger partial charge >= 0.3 is 5.97 Å².